The monoisotopic (exact) mass is 396 g/mol. The highest BCUT2D eigenvalue weighted by molar-refractivity contribution is 5.98. The molecule has 0 fully saturated rings. The second kappa shape index (κ2) is 9.09. The molecular formula is C23H28N2O4. The molecule has 1 amide bonds. The average Bonchev–Trinajstić information content (AvgIpc) is 2.69. The highest BCUT2D eigenvalue weighted by atomic mass is 16.7. The number of hydrogen-bond donors (Lipinski definition) is 1. The van der Waals surface area contributed by atoms with Gasteiger partial charge in [0.15, 0.2) is 0 Å². The first kappa shape index (κ1) is 20.9. The summed E-state index contributed by atoms with van der Waals surface area (Å²) in [6.07, 6.45) is 1.62. The standard InChI is InChI=1S/C23H28N2O4/c1-4-28-23(27)29-18-12-15(2)19(16(3)13-18)14-20(24)22(26)25-11-7-9-17-8-5-6-10-21(17)25/h5-6,8,10,12-13,20H,4,7,9,11,14,24H2,1-3H3/t20-/m0/s1. The largest absolute Gasteiger partial charge is 0.513 e. The molecule has 2 aromatic carbocycles. The maximum Gasteiger partial charge on any atom is 0.513 e. The molecule has 1 atom stereocenters. The Bertz CT molecular complexity index is 886. The molecule has 29 heavy (non-hydrogen) atoms. The Morgan fingerprint density at radius 3 is 2.55 bits per heavy atom. The summed E-state index contributed by atoms with van der Waals surface area (Å²) in [5, 5.41) is 0. The first-order chi connectivity index (χ1) is 13.9. The van der Waals surface area contributed by atoms with Crippen LogP contribution in [0, 0.1) is 13.8 Å². The van der Waals surface area contributed by atoms with Gasteiger partial charge in [0.1, 0.15) is 5.75 Å². The van der Waals surface area contributed by atoms with Crippen LogP contribution in [0.5, 0.6) is 5.75 Å². The lowest BCUT2D eigenvalue weighted by atomic mass is 9.94. The van der Waals surface area contributed by atoms with Crippen LogP contribution in [0.4, 0.5) is 10.5 Å². The van der Waals surface area contributed by atoms with E-state index in [-0.39, 0.29) is 12.5 Å². The van der Waals surface area contributed by atoms with E-state index in [1.165, 1.54) is 5.56 Å². The molecule has 6 nitrogen and oxygen atoms in total. The van der Waals surface area contributed by atoms with Gasteiger partial charge >= 0.3 is 6.16 Å². The Labute approximate surface area is 171 Å². The van der Waals surface area contributed by atoms with E-state index < -0.39 is 12.2 Å². The number of rotatable bonds is 5. The van der Waals surface area contributed by atoms with Crippen LogP contribution in [0.25, 0.3) is 0 Å². The number of anilines is 1. The molecule has 0 saturated heterocycles. The van der Waals surface area contributed by atoms with Crippen LogP contribution >= 0.6 is 0 Å². The molecule has 2 N–H and O–H groups in total. The molecule has 1 heterocycles. The minimum atomic E-state index is -0.727. The molecule has 0 aliphatic carbocycles. The summed E-state index contributed by atoms with van der Waals surface area (Å²) in [4.78, 5) is 26.4. The van der Waals surface area contributed by atoms with Gasteiger partial charge in [-0.1, -0.05) is 18.2 Å². The second-order valence-electron chi connectivity index (χ2n) is 7.35. The fraction of sp³-hybridized carbons (Fsp3) is 0.391. The molecule has 154 valence electrons. The van der Waals surface area contributed by atoms with Crippen molar-refractivity contribution in [2.75, 3.05) is 18.1 Å². The summed E-state index contributed by atoms with van der Waals surface area (Å²) in [6, 6.07) is 10.9. The first-order valence-corrected chi connectivity index (χ1v) is 10.00. The highest BCUT2D eigenvalue weighted by Gasteiger charge is 2.27. The first-order valence-electron chi connectivity index (χ1n) is 10.00. The van der Waals surface area contributed by atoms with Crippen LogP contribution in [-0.4, -0.2) is 31.3 Å². The number of ether oxygens (including phenoxy) is 2. The lowest BCUT2D eigenvalue weighted by Gasteiger charge is -2.31. The molecule has 0 unspecified atom stereocenters. The number of carbonyl (C=O) groups excluding carboxylic acids is 2. The molecule has 3 rings (SSSR count). The van der Waals surface area contributed by atoms with Crippen LogP contribution in [0.3, 0.4) is 0 Å². The van der Waals surface area contributed by atoms with Crippen molar-refractivity contribution in [3.63, 3.8) is 0 Å². The molecule has 0 saturated carbocycles. The summed E-state index contributed by atoms with van der Waals surface area (Å²) in [5.74, 6) is 0.356. The Kier molecular flexibility index (Phi) is 6.54. The second-order valence-corrected chi connectivity index (χ2v) is 7.35. The summed E-state index contributed by atoms with van der Waals surface area (Å²) in [6.45, 7) is 6.51. The number of nitrogens with two attached hydrogens (primary N) is 1. The highest BCUT2D eigenvalue weighted by Crippen LogP contribution is 2.28. The third-order valence-electron chi connectivity index (χ3n) is 5.25. The lowest BCUT2D eigenvalue weighted by Crippen LogP contribution is -2.47. The zero-order valence-corrected chi connectivity index (χ0v) is 17.2. The van der Waals surface area contributed by atoms with Crippen LogP contribution in [0.1, 0.15) is 35.6 Å². The maximum absolute atomic E-state index is 13.1. The van der Waals surface area contributed by atoms with E-state index in [2.05, 4.69) is 6.07 Å². The van der Waals surface area contributed by atoms with Gasteiger partial charge in [-0.15, -0.1) is 0 Å². The molecule has 0 spiro atoms. The number of para-hydroxylation sites is 1. The van der Waals surface area contributed by atoms with Gasteiger partial charge in [-0.3, -0.25) is 4.79 Å². The fourth-order valence-corrected chi connectivity index (χ4v) is 3.85. The minimum Gasteiger partial charge on any atom is -0.434 e. The molecule has 0 aromatic heterocycles. The van der Waals surface area contributed by atoms with Gasteiger partial charge in [-0.25, -0.2) is 4.79 Å². The SMILES string of the molecule is CCOC(=O)Oc1cc(C)c(C[C@H](N)C(=O)N2CCCc3ccccc32)c(C)c1. The third-order valence-corrected chi connectivity index (χ3v) is 5.25. The van der Waals surface area contributed by atoms with Gasteiger partial charge in [-0.2, -0.15) is 0 Å². The Morgan fingerprint density at radius 1 is 1.17 bits per heavy atom. The predicted molar refractivity (Wildman–Crippen MR) is 112 cm³/mol. The van der Waals surface area contributed by atoms with Gasteiger partial charge in [0.05, 0.1) is 12.6 Å². The van der Waals surface area contributed by atoms with E-state index in [4.69, 9.17) is 15.2 Å². The third kappa shape index (κ3) is 4.77. The molecule has 2 aromatic rings. The van der Waals surface area contributed by atoms with E-state index >= 15 is 0 Å². The normalized spacial score (nSPS) is 14.1. The van der Waals surface area contributed by atoms with Crippen molar-refractivity contribution in [1.82, 2.24) is 0 Å². The van der Waals surface area contributed by atoms with E-state index in [9.17, 15) is 9.59 Å². The smallest absolute Gasteiger partial charge is 0.434 e. The van der Waals surface area contributed by atoms with E-state index in [0.717, 1.165) is 35.2 Å². The minimum absolute atomic E-state index is 0.0669. The zero-order valence-electron chi connectivity index (χ0n) is 17.2. The van der Waals surface area contributed by atoms with E-state index in [0.29, 0.717) is 18.7 Å². The molecule has 0 bridgehead atoms. The zero-order chi connectivity index (χ0) is 21.0. The Morgan fingerprint density at radius 2 is 1.86 bits per heavy atom. The topological polar surface area (TPSA) is 81.9 Å². The average molecular weight is 396 g/mol. The number of carbonyl (C=O) groups is 2. The van der Waals surface area contributed by atoms with Gasteiger partial charge in [0.25, 0.3) is 0 Å². The van der Waals surface area contributed by atoms with Crippen molar-refractivity contribution >= 4 is 17.7 Å². The van der Waals surface area contributed by atoms with Gasteiger partial charge < -0.3 is 20.1 Å². The van der Waals surface area contributed by atoms with Crippen LogP contribution < -0.4 is 15.4 Å². The van der Waals surface area contributed by atoms with Crippen molar-refractivity contribution in [3.05, 3.63) is 58.7 Å². The Hall–Kier alpha value is -2.86. The molecule has 6 heteroatoms. The number of nitrogens with zero attached hydrogens (tertiary/aromatic N) is 1. The van der Waals surface area contributed by atoms with Crippen LogP contribution in [0.15, 0.2) is 36.4 Å². The van der Waals surface area contributed by atoms with E-state index in [1.807, 2.05) is 36.9 Å². The number of aryl methyl sites for hydroxylation is 3. The quantitative estimate of drug-likeness (QED) is 0.616. The Balaban J connectivity index is 1.74. The maximum atomic E-state index is 13.1. The molecule has 1 aliphatic heterocycles. The van der Waals surface area contributed by atoms with Gasteiger partial charge in [0.2, 0.25) is 5.91 Å². The van der Waals surface area contributed by atoms with Gasteiger partial charge in [-0.05, 0) is 80.5 Å². The number of fused-ring (bicyclic) bond motifs is 1. The molecular weight excluding hydrogens is 368 g/mol. The van der Waals surface area contributed by atoms with Crippen molar-refractivity contribution in [1.29, 1.82) is 0 Å². The van der Waals surface area contributed by atoms with Crippen molar-refractivity contribution < 1.29 is 19.1 Å². The van der Waals surface area contributed by atoms with Gasteiger partial charge in [0, 0.05) is 12.2 Å². The number of benzene rings is 2. The van der Waals surface area contributed by atoms with Crippen LogP contribution in [0.2, 0.25) is 0 Å². The van der Waals surface area contributed by atoms with Crippen molar-refractivity contribution in [2.24, 2.45) is 5.73 Å². The summed E-state index contributed by atoms with van der Waals surface area (Å²) >= 11 is 0. The van der Waals surface area contributed by atoms with Crippen molar-refractivity contribution in [2.45, 2.75) is 46.1 Å². The summed E-state index contributed by atoms with van der Waals surface area (Å²) in [5.41, 5.74) is 11.3. The predicted octanol–water partition coefficient (Wildman–Crippen LogP) is 3.69. The van der Waals surface area contributed by atoms with Crippen molar-refractivity contribution in [3.8, 4) is 5.75 Å². The molecule has 0 radical (unpaired) electrons. The number of hydrogen-bond acceptors (Lipinski definition) is 5. The summed E-state index contributed by atoms with van der Waals surface area (Å²) < 4.78 is 10.0. The lowest BCUT2D eigenvalue weighted by molar-refractivity contribution is -0.119. The fourth-order valence-electron chi connectivity index (χ4n) is 3.85. The summed E-state index contributed by atoms with van der Waals surface area (Å²) in [7, 11) is 0. The number of amides is 1. The van der Waals surface area contributed by atoms with Crippen LogP contribution in [-0.2, 0) is 22.4 Å². The molecule has 1 aliphatic rings. The van der Waals surface area contributed by atoms with E-state index in [1.54, 1.807) is 19.1 Å².